The molecule has 0 heterocycles. The molecule has 0 aliphatic carbocycles. The third-order valence-electron chi connectivity index (χ3n) is 3.19. The van der Waals surface area contributed by atoms with Crippen LogP contribution in [0.4, 0.5) is 0 Å². The molecule has 0 saturated heterocycles. The first-order valence-electron chi connectivity index (χ1n) is 6.90. The fourth-order valence-electron chi connectivity index (χ4n) is 1.78. The lowest BCUT2D eigenvalue weighted by molar-refractivity contribution is -0.127. The molecular weight excluding hydrogens is 370 g/mol. The average molecular weight is 393 g/mol. The lowest BCUT2D eigenvalue weighted by Crippen LogP contribution is -2.47. The number of hydrogen-bond donors (Lipinski definition) is 3. The van der Waals surface area contributed by atoms with Gasteiger partial charge in [0.05, 0.1) is 18.6 Å². The van der Waals surface area contributed by atoms with Crippen molar-refractivity contribution < 1.29 is 9.59 Å². The Bertz CT molecular complexity index is 511. The van der Waals surface area contributed by atoms with Crippen LogP contribution >= 0.6 is 28.3 Å². The van der Waals surface area contributed by atoms with E-state index >= 15 is 0 Å². The molecule has 0 spiro atoms. The van der Waals surface area contributed by atoms with Crippen molar-refractivity contribution in [2.45, 2.75) is 32.9 Å². The van der Waals surface area contributed by atoms with Gasteiger partial charge in [-0.3, -0.25) is 9.59 Å². The number of hydrogen-bond acceptors (Lipinski definition) is 3. The highest BCUT2D eigenvalue weighted by atomic mass is 79.9. The van der Waals surface area contributed by atoms with Gasteiger partial charge in [-0.2, -0.15) is 0 Å². The van der Waals surface area contributed by atoms with Crippen molar-refractivity contribution in [2.75, 3.05) is 6.54 Å². The van der Waals surface area contributed by atoms with Crippen LogP contribution in [-0.4, -0.2) is 24.4 Å². The van der Waals surface area contributed by atoms with E-state index in [1.165, 1.54) is 0 Å². The molecule has 7 heteroatoms. The molecule has 0 aliphatic rings. The van der Waals surface area contributed by atoms with Crippen LogP contribution in [0.5, 0.6) is 0 Å². The number of amides is 2. The first-order chi connectivity index (χ1) is 9.82. The van der Waals surface area contributed by atoms with Crippen molar-refractivity contribution in [3.8, 4) is 0 Å². The molecule has 0 aliphatic heterocycles. The van der Waals surface area contributed by atoms with E-state index in [9.17, 15) is 9.59 Å². The van der Waals surface area contributed by atoms with Crippen LogP contribution in [0.1, 0.15) is 32.4 Å². The molecule has 0 saturated carbocycles. The molecule has 1 rings (SSSR count). The van der Waals surface area contributed by atoms with E-state index in [1.54, 1.807) is 0 Å². The minimum absolute atomic E-state index is 0. The number of halogens is 2. The van der Waals surface area contributed by atoms with E-state index in [1.807, 2.05) is 45.0 Å². The van der Waals surface area contributed by atoms with Gasteiger partial charge in [-0.1, -0.05) is 48.0 Å². The number of carbonyl (C=O) groups excluding carboxylic acids is 2. The zero-order valence-corrected chi connectivity index (χ0v) is 15.3. The van der Waals surface area contributed by atoms with Crippen molar-refractivity contribution in [3.63, 3.8) is 0 Å². The normalized spacial score (nSPS) is 13.0. The second-order valence-electron chi connectivity index (χ2n) is 5.30. The van der Waals surface area contributed by atoms with Crippen LogP contribution < -0.4 is 16.4 Å². The number of carbonyl (C=O) groups is 2. The van der Waals surface area contributed by atoms with Crippen molar-refractivity contribution in [2.24, 2.45) is 11.7 Å². The van der Waals surface area contributed by atoms with E-state index in [2.05, 4.69) is 26.6 Å². The van der Waals surface area contributed by atoms with Gasteiger partial charge in [-0.05, 0) is 24.5 Å². The van der Waals surface area contributed by atoms with Gasteiger partial charge >= 0.3 is 0 Å². The predicted octanol–water partition coefficient (Wildman–Crippen LogP) is 2.15. The van der Waals surface area contributed by atoms with Gasteiger partial charge in [0.15, 0.2) is 0 Å². The van der Waals surface area contributed by atoms with Gasteiger partial charge in [0.25, 0.3) is 0 Å². The summed E-state index contributed by atoms with van der Waals surface area (Å²) < 4.78 is 0.934. The maximum Gasteiger partial charge on any atom is 0.239 e. The van der Waals surface area contributed by atoms with Crippen LogP contribution in [0.25, 0.3) is 0 Å². The van der Waals surface area contributed by atoms with Crippen LogP contribution in [0.15, 0.2) is 28.7 Å². The minimum Gasteiger partial charge on any atom is -0.348 e. The van der Waals surface area contributed by atoms with Crippen LogP contribution in [0.2, 0.25) is 0 Å². The van der Waals surface area contributed by atoms with Gasteiger partial charge in [-0.25, -0.2) is 0 Å². The third kappa shape index (κ3) is 6.34. The van der Waals surface area contributed by atoms with Gasteiger partial charge in [0, 0.05) is 4.47 Å². The molecule has 2 amide bonds. The molecular formula is C15H23BrClN3O2. The molecule has 124 valence electrons. The summed E-state index contributed by atoms with van der Waals surface area (Å²) in [6.45, 7) is 5.53. The second kappa shape index (κ2) is 9.82. The molecule has 0 fully saturated rings. The Balaban J connectivity index is 0.00000441. The first kappa shape index (κ1) is 20.9. The standard InChI is InChI=1S/C15H22BrN3O2.ClH/c1-9(2)14(17)15(21)18-8-13(20)19-10(3)11-6-4-5-7-12(11)16;/h4-7,9-10,14H,8,17H2,1-3H3,(H,18,21)(H,19,20);1H/t10?,14-;/m0./s1. The molecule has 0 bridgehead atoms. The summed E-state index contributed by atoms with van der Waals surface area (Å²) in [5.41, 5.74) is 6.69. The Labute approximate surface area is 145 Å². The van der Waals surface area contributed by atoms with E-state index in [0.717, 1.165) is 10.0 Å². The number of benzene rings is 1. The summed E-state index contributed by atoms with van der Waals surface area (Å²) in [7, 11) is 0. The minimum atomic E-state index is -0.599. The maximum atomic E-state index is 11.9. The lowest BCUT2D eigenvalue weighted by atomic mass is 10.1. The Hall–Kier alpha value is -1.11. The highest BCUT2D eigenvalue weighted by molar-refractivity contribution is 9.10. The fraction of sp³-hybridized carbons (Fsp3) is 0.467. The van der Waals surface area contributed by atoms with E-state index in [4.69, 9.17) is 5.73 Å². The number of rotatable bonds is 6. The van der Waals surface area contributed by atoms with Crippen LogP contribution in [-0.2, 0) is 9.59 Å². The van der Waals surface area contributed by atoms with E-state index in [0.29, 0.717) is 0 Å². The first-order valence-corrected chi connectivity index (χ1v) is 7.69. The van der Waals surface area contributed by atoms with Crippen LogP contribution in [0, 0.1) is 5.92 Å². The maximum absolute atomic E-state index is 11.9. The average Bonchev–Trinajstić information content (AvgIpc) is 2.44. The van der Waals surface area contributed by atoms with Crippen molar-refractivity contribution in [3.05, 3.63) is 34.3 Å². The van der Waals surface area contributed by atoms with Crippen LogP contribution in [0.3, 0.4) is 0 Å². The Kier molecular flexibility index (Phi) is 9.32. The smallest absolute Gasteiger partial charge is 0.239 e. The molecule has 22 heavy (non-hydrogen) atoms. The molecule has 4 N–H and O–H groups in total. The molecule has 1 aromatic carbocycles. The zero-order valence-electron chi connectivity index (χ0n) is 12.9. The summed E-state index contributed by atoms with van der Waals surface area (Å²) in [5.74, 6) is -0.525. The van der Waals surface area contributed by atoms with E-state index < -0.39 is 6.04 Å². The highest BCUT2D eigenvalue weighted by Gasteiger charge is 2.18. The van der Waals surface area contributed by atoms with Gasteiger partial charge in [-0.15, -0.1) is 12.4 Å². The van der Waals surface area contributed by atoms with Gasteiger partial charge in [0.1, 0.15) is 0 Å². The van der Waals surface area contributed by atoms with Gasteiger partial charge < -0.3 is 16.4 Å². The molecule has 5 nitrogen and oxygen atoms in total. The molecule has 1 aromatic rings. The summed E-state index contributed by atoms with van der Waals surface area (Å²) >= 11 is 3.45. The van der Waals surface area contributed by atoms with Gasteiger partial charge in [0.2, 0.25) is 11.8 Å². The Morgan fingerprint density at radius 3 is 2.36 bits per heavy atom. The lowest BCUT2D eigenvalue weighted by Gasteiger charge is -2.18. The van der Waals surface area contributed by atoms with Crippen molar-refractivity contribution in [1.82, 2.24) is 10.6 Å². The monoisotopic (exact) mass is 391 g/mol. The fourth-order valence-corrected chi connectivity index (χ4v) is 2.41. The van der Waals surface area contributed by atoms with E-state index in [-0.39, 0.29) is 42.7 Å². The number of nitrogens with one attached hydrogen (secondary N) is 2. The summed E-state index contributed by atoms with van der Waals surface area (Å²) in [5, 5.41) is 5.38. The summed E-state index contributed by atoms with van der Waals surface area (Å²) in [4.78, 5) is 23.5. The summed E-state index contributed by atoms with van der Waals surface area (Å²) in [6, 6.07) is 6.92. The molecule has 1 unspecified atom stereocenters. The topological polar surface area (TPSA) is 84.2 Å². The Morgan fingerprint density at radius 2 is 1.82 bits per heavy atom. The largest absolute Gasteiger partial charge is 0.348 e. The molecule has 0 aromatic heterocycles. The quantitative estimate of drug-likeness (QED) is 0.693. The SMILES string of the molecule is CC(NC(=O)CNC(=O)[C@@H](N)C(C)C)c1ccccc1Br.Cl. The third-order valence-corrected chi connectivity index (χ3v) is 3.92. The number of nitrogens with two attached hydrogens (primary N) is 1. The second-order valence-corrected chi connectivity index (χ2v) is 6.15. The Morgan fingerprint density at radius 1 is 1.23 bits per heavy atom. The van der Waals surface area contributed by atoms with Crippen molar-refractivity contribution in [1.29, 1.82) is 0 Å². The predicted molar refractivity (Wildman–Crippen MR) is 93.8 cm³/mol. The zero-order chi connectivity index (χ0) is 16.0. The molecule has 2 atom stereocenters. The highest BCUT2D eigenvalue weighted by Crippen LogP contribution is 2.22. The molecule has 0 radical (unpaired) electrons. The van der Waals surface area contributed by atoms with Crippen molar-refractivity contribution >= 4 is 40.2 Å². The summed E-state index contributed by atoms with van der Waals surface area (Å²) in [6.07, 6.45) is 0.